The van der Waals surface area contributed by atoms with Gasteiger partial charge in [-0.15, -0.1) is 0 Å². The number of carbonyl (C=O) groups is 1. The summed E-state index contributed by atoms with van der Waals surface area (Å²) in [5, 5.41) is 2.63. The fraction of sp³-hybridized carbons (Fsp3) is 0.667. The minimum atomic E-state index is -0.304. The van der Waals surface area contributed by atoms with Gasteiger partial charge < -0.3 is 5.32 Å². The molecule has 1 saturated carbocycles. The summed E-state index contributed by atoms with van der Waals surface area (Å²) in [5.41, 5.74) is 0. The lowest BCUT2D eigenvalue weighted by Gasteiger charge is -1.95. The van der Waals surface area contributed by atoms with Crippen molar-refractivity contribution >= 4 is 12.7 Å². The average Bonchev–Trinajstić information content (AvgIpc) is 2.65. The van der Waals surface area contributed by atoms with Gasteiger partial charge in [-0.1, -0.05) is 0 Å². The Hall–Kier alpha value is -0.860. The third-order valence-electron chi connectivity index (χ3n) is 1.38. The zero-order valence-electron chi connectivity index (χ0n) is 5.26. The first-order chi connectivity index (χ1) is 4.33. The van der Waals surface area contributed by atoms with Gasteiger partial charge in [-0.3, -0.25) is 0 Å². The van der Waals surface area contributed by atoms with Crippen LogP contribution in [0.3, 0.4) is 0 Å². The third kappa shape index (κ3) is 2.26. The molecule has 2 amide bonds. The first-order valence-electron chi connectivity index (χ1n) is 3.07. The second-order valence-corrected chi connectivity index (χ2v) is 2.29. The summed E-state index contributed by atoms with van der Waals surface area (Å²) in [6, 6.07) is -0.304. The highest BCUT2D eigenvalue weighted by molar-refractivity contribution is 5.78. The van der Waals surface area contributed by atoms with Crippen LogP contribution in [0.15, 0.2) is 4.99 Å². The Kier molecular flexibility index (Phi) is 1.82. The van der Waals surface area contributed by atoms with Crippen molar-refractivity contribution in [1.29, 1.82) is 0 Å². The average molecular weight is 126 g/mol. The topological polar surface area (TPSA) is 41.5 Å². The monoisotopic (exact) mass is 126 g/mol. The van der Waals surface area contributed by atoms with Crippen molar-refractivity contribution in [3.8, 4) is 0 Å². The van der Waals surface area contributed by atoms with Gasteiger partial charge in [-0.05, 0) is 25.5 Å². The van der Waals surface area contributed by atoms with E-state index in [1.807, 2.05) is 0 Å². The maximum Gasteiger partial charge on any atom is 0.340 e. The van der Waals surface area contributed by atoms with Crippen molar-refractivity contribution in [1.82, 2.24) is 5.32 Å². The zero-order valence-corrected chi connectivity index (χ0v) is 5.26. The second-order valence-electron chi connectivity index (χ2n) is 2.29. The molecule has 1 N–H and O–H groups in total. The molecule has 1 rings (SSSR count). The summed E-state index contributed by atoms with van der Waals surface area (Å²) in [7, 11) is 0. The molecule has 0 saturated heterocycles. The first-order valence-corrected chi connectivity index (χ1v) is 3.07. The largest absolute Gasteiger partial charge is 0.340 e. The number of hydrogen-bond acceptors (Lipinski definition) is 1. The van der Waals surface area contributed by atoms with E-state index in [0.29, 0.717) is 0 Å². The first kappa shape index (κ1) is 6.26. The van der Waals surface area contributed by atoms with E-state index in [1.165, 1.54) is 12.8 Å². The van der Waals surface area contributed by atoms with Crippen LogP contribution in [-0.4, -0.2) is 19.3 Å². The molecule has 0 aliphatic heterocycles. The molecule has 0 unspecified atom stereocenters. The highest BCUT2D eigenvalue weighted by Gasteiger charge is 2.21. The molecule has 0 aromatic carbocycles. The highest BCUT2D eigenvalue weighted by atomic mass is 16.2. The van der Waals surface area contributed by atoms with E-state index < -0.39 is 0 Å². The Morgan fingerprint density at radius 3 is 2.89 bits per heavy atom. The highest BCUT2D eigenvalue weighted by Crippen LogP contribution is 2.27. The van der Waals surface area contributed by atoms with E-state index in [0.717, 1.165) is 12.5 Å². The van der Waals surface area contributed by atoms with Crippen LogP contribution in [-0.2, 0) is 0 Å². The van der Waals surface area contributed by atoms with Gasteiger partial charge in [0, 0.05) is 6.54 Å². The maximum atomic E-state index is 10.4. The quantitative estimate of drug-likeness (QED) is 0.546. The van der Waals surface area contributed by atoms with Crippen LogP contribution < -0.4 is 5.32 Å². The Morgan fingerprint density at radius 2 is 2.44 bits per heavy atom. The number of carbonyl (C=O) groups excluding carboxylic acids is 1. The van der Waals surface area contributed by atoms with Crippen LogP contribution in [0.25, 0.3) is 0 Å². The molecule has 3 heteroatoms. The second kappa shape index (κ2) is 2.62. The molecule has 0 radical (unpaired) electrons. The molecule has 0 spiro atoms. The number of urea groups is 1. The molecule has 0 atom stereocenters. The normalized spacial score (nSPS) is 16.9. The van der Waals surface area contributed by atoms with Gasteiger partial charge in [0.05, 0.1) is 0 Å². The van der Waals surface area contributed by atoms with E-state index in [2.05, 4.69) is 17.0 Å². The minimum absolute atomic E-state index is 0.304. The summed E-state index contributed by atoms with van der Waals surface area (Å²) in [5.74, 6) is 0.718. The van der Waals surface area contributed by atoms with Crippen molar-refractivity contribution in [3.63, 3.8) is 0 Å². The third-order valence-corrected chi connectivity index (χ3v) is 1.38. The summed E-state index contributed by atoms with van der Waals surface area (Å²) in [6.45, 7) is 3.87. The predicted octanol–water partition coefficient (Wildman–Crippen LogP) is 0.807. The molecular formula is C6H10N2O. The Bertz CT molecular complexity index is 129. The fourth-order valence-electron chi connectivity index (χ4n) is 0.610. The number of aliphatic imine (C=N–C) groups is 1. The summed E-state index contributed by atoms with van der Waals surface area (Å²) >= 11 is 0. The van der Waals surface area contributed by atoms with Crippen LogP contribution >= 0.6 is 0 Å². The Balaban J connectivity index is 2.02. The molecular weight excluding hydrogens is 116 g/mol. The van der Waals surface area contributed by atoms with Crippen molar-refractivity contribution in [3.05, 3.63) is 0 Å². The number of hydrogen-bond donors (Lipinski definition) is 1. The summed E-state index contributed by atoms with van der Waals surface area (Å²) in [4.78, 5) is 13.6. The lowest BCUT2D eigenvalue weighted by molar-refractivity contribution is 0.249. The molecule has 9 heavy (non-hydrogen) atoms. The number of amides is 2. The number of rotatable bonds is 2. The molecule has 0 bridgehead atoms. The smallest absolute Gasteiger partial charge is 0.336 e. The van der Waals surface area contributed by atoms with Crippen LogP contribution in [0.1, 0.15) is 12.8 Å². The molecule has 3 nitrogen and oxygen atoms in total. The van der Waals surface area contributed by atoms with Gasteiger partial charge in [-0.2, -0.15) is 0 Å². The van der Waals surface area contributed by atoms with Gasteiger partial charge in [0.1, 0.15) is 0 Å². The summed E-state index contributed by atoms with van der Waals surface area (Å²) < 4.78 is 0. The van der Waals surface area contributed by atoms with Crippen molar-refractivity contribution in [2.24, 2.45) is 10.9 Å². The zero-order chi connectivity index (χ0) is 6.69. The molecule has 1 aliphatic rings. The maximum absolute atomic E-state index is 10.4. The number of nitrogens with one attached hydrogen (secondary N) is 1. The van der Waals surface area contributed by atoms with E-state index in [4.69, 9.17) is 0 Å². The Morgan fingerprint density at radius 1 is 1.78 bits per heavy atom. The van der Waals surface area contributed by atoms with Crippen molar-refractivity contribution in [2.45, 2.75) is 12.8 Å². The molecule has 50 valence electrons. The van der Waals surface area contributed by atoms with Gasteiger partial charge >= 0.3 is 6.03 Å². The minimum Gasteiger partial charge on any atom is -0.336 e. The van der Waals surface area contributed by atoms with Gasteiger partial charge in [0.2, 0.25) is 0 Å². The molecule has 0 aromatic heterocycles. The van der Waals surface area contributed by atoms with E-state index >= 15 is 0 Å². The standard InChI is InChI=1S/C6H10N2O/c1-7-6(9)8-4-5-2-3-5/h5H,1-4H2,(H,8,9). The Labute approximate surface area is 54.2 Å². The lowest BCUT2D eigenvalue weighted by Crippen LogP contribution is -2.21. The van der Waals surface area contributed by atoms with Gasteiger partial charge in [0.25, 0.3) is 0 Å². The summed E-state index contributed by atoms with van der Waals surface area (Å²) in [6.07, 6.45) is 2.49. The predicted molar refractivity (Wildman–Crippen MR) is 35.7 cm³/mol. The van der Waals surface area contributed by atoms with Crippen LogP contribution in [0.5, 0.6) is 0 Å². The fourth-order valence-corrected chi connectivity index (χ4v) is 0.610. The van der Waals surface area contributed by atoms with E-state index in [9.17, 15) is 4.79 Å². The molecule has 1 aliphatic carbocycles. The van der Waals surface area contributed by atoms with Crippen molar-refractivity contribution < 1.29 is 4.79 Å². The van der Waals surface area contributed by atoms with Crippen molar-refractivity contribution in [2.75, 3.05) is 6.54 Å². The van der Waals surface area contributed by atoms with Crippen LogP contribution in [0.2, 0.25) is 0 Å². The SMILES string of the molecule is C=NC(=O)NCC1CC1. The lowest BCUT2D eigenvalue weighted by atomic mass is 10.4. The molecule has 1 fully saturated rings. The van der Waals surface area contributed by atoms with Crippen LogP contribution in [0.4, 0.5) is 4.79 Å². The molecule has 0 aromatic rings. The van der Waals surface area contributed by atoms with Gasteiger partial charge in [-0.25, -0.2) is 9.79 Å². The number of nitrogens with zero attached hydrogens (tertiary/aromatic N) is 1. The van der Waals surface area contributed by atoms with Gasteiger partial charge in [0.15, 0.2) is 0 Å². The molecule has 0 heterocycles. The van der Waals surface area contributed by atoms with E-state index in [-0.39, 0.29) is 6.03 Å². The van der Waals surface area contributed by atoms with E-state index in [1.54, 1.807) is 0 Å². The van der Waals surface area contributed by atoms with Crippen LogP contribution in [0, 0.1) is 5.92 Å².